The first-order valence-corrected chi connectivity index (χ1v) is 2.84. The molecule has 0 saturated heterocycles. The predicted molar refractivity (Wildman–Crippen MR) is 30.2 cm³/mol. The van der Waals surface area contributed by atoms with Crippen LogP contribution >= 0.6 is 0 Å². The number of nitrogens with zero attached hydrogens (tertiary/aromatic N) is 3. The maximum absolute atomic E-state index is 9.97. The molecule has 0 amide bonds. The average Bonchev–Trinajstić information content (AvgIpc) is 2.34. The molecule has 49 valence electrons. The summed E-state index contributed by atoms with van der Waals surface area (Å²) in [5.74, 6) is 0. The number of aromatic nitrogens is 3. The second kappa shape index (κ2) is 3.19. The van der Waals surface area contributed by atoms with Gasteiger partial charge in [0, 0.05) is 6.54 Å². The Morgan fingerprint density at radius 2 is 2.00 bits per heavy atom. The molecule has 9 heavy (non-hydrogen) atoms. The number of hydrogen-bond acceptors (Lipinski definition) is 2. The van der Waals surface area contributed by atoms with E-state index >= 15 is 0 Å². The van der Waals surface area contributed by atoms with Crippen molar-refractivity contribution in [2.24, 2.45) is 0 Å². The van der Waals surface area contributed by atoms with E-state index in [1.165, 1.54) is 0 Å². The van der Waals surface area contributed by atoms with Crippen LogP contribution in [0.25, 0.3) is 0 Å². The third-order valence-corrected chi connectivity index (χ3v) is 1.03. The highest BCUT2D eigenvalue weighted by Gasteiger charge is 1.87. The van der Waals surface area contributed by atoms with Gasteiger partial charge in [-0.2, -0.15) is 0 Å². The van der Waals surface area contributed by atoms with Crippen molar-refractivity contribution in [1.29, 1.82) is 0 Å². The monoisotopic (exact) mass is 126 g/mol. The van der Waals surface area contributed by atoms with E-state index in [0.717, 1.165) is 6.54 Å². The molecule has 0 saturated carbocycles. The van der Waals surface area contributed by atoms with Crippen molar-refractivity contribution in [2.75, 3.05) is 6.61 Å². The van der Waals surface area contributed by atoms with Crippen molar-refractivity contribution in [3.05, 3.63) is 12.7 Å². The van der Waals surface area contributed by atoms with E-state index in [-0.39, 0.29) is 6.61 Å². The molecule has 0 bridgehead atoms. The molecule has 4 heteroatoms. The van der Waals surface area contributed by atoms with Gasteiger partial charge in [0.2, 0.25) is 0 Å². The fourth-order valence-corrected chi connectivity index (χ4v) is 0.585. The van der Waals surface area contributed by atoms with E-state index in [1.54, 1.807) is 17.2 Å². The van der Waals surface area contributed by atoms with Crippen LogP contribution < -0.4 is 0 Å². The van der Waals surface area contributed by atoms with Gasteiger partial charge in [0.05, 0.1) is 6.61 Å². The van der Waals surface area contributed by atoms with Crippen LogP contribution in [-0.4, -0.2) is 21.4 Å². The van der Waals surface area contributed by atoms with E-state index in [4.69, 9.17) is 0 Å². The highest BCUT2D eigenvalue weighted by molar-refractivity contribution is 4.58. The van der Waals surface area contributed by atoms with Gasteiger partial charge < -0.3 is 4.57 Å². The Labute approximate surface area is 53.1 Å². The van der Waals surface area contributed by atoms with Crippen LogP contribution in [0.15, 0.2) is 12.7 Å². The van der Waals surface area contributed by atoms with E-state index < -0.39 is 0 Å². The standard InChI is InChI=1S/C5H8N3O/c9-3-1-2-8-4-6-7-5-8/h4-5H,1-3H2. The third kappa shape index (κ3) is 1.81. The molecule has 0 aliphatic heterocycles. The van der Waals surface area contributed by atoms with E-state index in [1.807, 2.05) is 0 Å². The Bertz CT molecular complexity index is 149. The fourth-order valence-electron chi connectivity index (χ4n) is 0.585. The first kappa shape index (κ1) is 6.22. The largest absolute Gasteiger partial charge is 0.320 e. The lowest BCUT2D eigenvalue weighted by Gasteiger charge is -1.93. The summed E-state index contributed by atoms with van der Waals surface area (Å²) >= 11 is 0. The van der Waals surface area contributed by atoms with Crippen LogP contribution in [0.2, 0.25) is 0 Å². The Morgan fingerprint density at radius 1 is 1.33 bits per heavy atom. The van der Waals surface area contributed by atoms with Crippen molar-refractivity contribution in [3.63, 3.8) is 0 Å². The second-order valence-corrected chi connectivity index (χ2v) is 1.76. The minimum absolute atomic E-state index is 0.0296. The average molecular weight is 126 g/mol. The summed E-state index contributed by atoms with van der Waals surface area (Å²) in [6.45, 7) is 0.703. The van der Waals surface area contributed by atoms with Gasteiger partial charge in [-0.3, -0.25) is 0 Å². The highest BCUT2D eigenvalue weighted by atomic mass is 16.3. The van der Waals surface area contributed by atoms with Crippen LogP contribution in [-0.2, 0) is 11.7 Å². The Kier molecular flexibility index (Phi) is 2.21. The lowest BCUT2D eigenvalue weighted by Crippen LogP contribution is -1.95. The Balaban J connectivity index is 2.30. The molecule has 1 rings (SSSR count). The molecule has 1 heterocycles. The SMILES string of the molecule is [O]CCCn1cnnc1. The number of aryl methyl sites for hydroxylation is 1. The summed E-state index contributed by atoms with van der Waals surface area (Å²) in [6, 6.07) is 0. The van der Waals surface area contributed by atoms with Crippen LogP contribution in [0.1, 0.15) is 6.42 Å². The minimum Gasteiger partial charge on any atom is -0.320 e. The molecule has 0 aliphatic rings. The van der Waals surface area contributed by atoms with Gasteiger partial charge in [-0.15, -0.1) is 10.2 Å². The third-order valence-electron chi connectivity index (χ3n) is 1.03. The van der Waals surface area contributed by atoms with E-state index in [0.29, 0.717) is 6.42 Å². The second-order valence-electron chi connectivity index (χ2n) is 1.76. The maximum Gasteiger partial charge on any atom is 0.119 e. The molecule has 0 aromatic carbocycles. The zero-order valence-corrected chi connectivity index (χ0v) is 5.03. The van der Waals surface area contributed by atoms with Gasteiger partial charge in [0.15, 0.2) is 0 Å². The van der Waals surface area contributed by atoms with Crippen molar-refractivity contribution in [3.8, 4) is 0 Å². The predicted octanol–water partition coefficient (Wildman–Crippen LogP) is 0.0987. The molecule has 1 radical (unpaired) electrons. The zero-order chi connectivity index (χ0) is 6.53. The molecule has 4 nitrogen and oxygen atoms in total. The zero-order valence-electron chi connectivity index (χ0n) is 5.03. The molecular formula is C5H8N3O. The molecule has 0 spiro atoms. The van der Waals surface area contributed by atoms with Crippen molar-refractivity contribution < 1.29 is 5.11 Å². The van der Waals surface area contributed by atoms with Gasteiger partial charge in [0.1, 0.15) is 12.7 Å². The van der Waals surface area contributed by atoms with Crippen LogP contribution in [0.5, 0.6) is 0 Å². The maximum atomic E-state index is 9.97. The first-order valence-electron chi connectivity index (χ1n) is 2.84. The Morgan fingerprint density at radius 3 is 2.56 bits per heavy atom. The molecule has 0 aliphatic carbocycles. The molecule has 0 N–H and O–H groups in total. The molecule has 1 aromatic rings. The topological polar surface area (TPSA) is 50.6 Å². The van der Waals surface area contributed by atoms with E-state index in [9.17, 15) is 5.11 Å². The minimum atomic E-state index is -0.0296. The first-order chi connectivity index (χ1) is 4.43. The summed E-state index contributed by atoms with van der Waals surface area (Å²) in [6.07, 6.45) is 3.86. The van der Waals surface area contributed by atoms with Crippen molar-refractivity contribution >= 4 is 0 Å². The van der Waals surface area contributed by atoms with Gasteiger partial charge >= 0.3 is 0 Å². The van der Waals surface area contributed by atoms with Crippen molar-refractivity contribution in [2.45, 2.75) is 13.0 Å². The summed E-state index contributed by atoms with van der Waals surface area (Å²) < 4.78 is 1.79. The molecular weight excluding hydrogens is 118 g/mol. The van der Waals surface area contributed by atoms with Crippen LogP contribution in [0.3, 0.4) is 0 Å². The summed E-state index contributed by atoms with van der Waals surface area (Å²) in [5.41, 5.74) is 0. The van der Waals surface area contributed by atoms with Crippen LogP contribution in [0.4, 0.5) is 0 Å². The fraction of sp³-hybridized carbons (Fsp3) is 0.600. The molecule has 0 atom stereocenters. The lowest BCUT2D eigenvalue weighted by molar-refractivity contribution is 0.184. The summed E-state index contributed by atoms with van der Waals surface area (Å²) in [7, 11) is 0. The van der Waals surface area contributed by atoms with Crippen LogP contribution in [0, 0.1) is 0 Å². The van der Waals surface area contributed by atoms with Gasteiger partial charge in [-0.1, -0.05) is 0 Å². The summed E-state index contributed by atoms with van der Waals surface area (Å²) in [5, 5.41) is 17.1. The lowest BCUT2D eigenvalue weighted by atomic mass is 10.4. The quantitative estimate of drug-likeness (QED) is 0.576. The molecule has 1 aromatic heterocycles. The Hall–Kier alpha value is -0.900. The summed E-state index contributed by atoms with van der Waals surface area (Å²) in [4.78, 5) is 0. The number of hydrogen-bond donors (Lipinski definition) is 0. The number of rotatable bonds is 3. The van der Waals surface area contributed by atoms with E-state index in [2.05, 4.69) is 10.2 Å². The van der Waals surface area contributed by atoms with Crippen molar-refractivity contribution in [1.82, 2.24) is 14.8 Å². The highest BCUT2D eigenvalue weighted by Crippen LogP contribution is 1.85. The van der Waals surface area contributed by atoms with Gasteiger partial charge in [-0.25, -0.2) is 5.11 Å². The molecule has 0 unspecified atom stereocenters. The smallest absolute Gasteiger partial charge is 0.119 e. The molecule has 0 fully saturated rings. The van der Waals surface area contributed by atoms with Gasteiger partial charge in [-0.05, 0) is 6.42 Å². The normalized spacial score (nSPS) is 9.89. The van der Waals surface area contributed by atoms with Gasteiger partial charge in [0.25, 0.3) is 0 Å².